The number of ether oxygens (including phenoxy) is 2. The third-order valence-corrected chi connectivity index (χ3v) is 4.05. The second kappa shape index (κ2) is 8.11. The van der Waals surface area contributed by atoms with Gasteiger partial charge in [0, 0.05) is 31.8 Å². The van der Waals surface area contributed by atoms with E-state index in [9.17, 15) is 10.2 Å². The molecular weight excluding hydrogens is 294 g/mol. The average molecular weight is 323 g/mol. The van der Waals surface area contributed by atoms with Crippen LogP contribution in [0.15, 0.2) is 24.3 Å². The van der Waals surface area contributed by atoms with E-state index < -0.39 is 18.5 Å². The summed E-state index contributed by atoms with van der Waals surface area (Å²) in [6.07, 6.45) is 0.439. The SMILES string of the molecule is CC(O)CC1CC(CC(C)O)OC(c2ccc(N(C)C)cc2)O1. The van der Waals surface area contributed by atoms with Crippen molar-refractivity contribution in [3.05, 3.63) is 29.8 Å². The van der Waals surface area contributed by atoms with Crippen molar-refractivity contribution in [1.82, 2.24) is 0 Å². The smallest absolute Gasteiger partial charge is 0.184 e. The third kappa shape index (κ3) is 5.46. The summed E-state index contributed by atoms with van der Waals surface area (Å²) in [5.41, 5.74) is 2.08. The lowest BCUT2D eigenvalue weighted by molar-refractivity contribution is -0.255. The van der Waals surface area contributed by atoms with Crippen LogP contribution in [0.3, 0.4) is 0 Å². The summed E-state index contributed by atoms with van der Waals surface area (Å²) in [7, 11) is 4.00. The molecular formula is C18H29NO4. The van der Waals surface area contributed by atoms with Gasteiger partial charge >= 0.3 is 0 Å². The van der Waals surface area contributed by atoms with Crippen molar-refractivity contribution in [2.75, 3.05) is 19.0 Å². The molecule has 0 radical (unpaired) electrons. The van der Waals surface area contributed by atoms with Gasteiger partial charge in [-0.05, 0) is 38.8 Å². The zero-order valence-electron chi connectivity index (χ0n) is 14.5. The van der Waals surface area contributed by atoms with Gasteiger partial charge in [0.2, 0.25) is 0 Å². The van der Waals surface area contributed by atoms with Gasteiger partial charge in [0.15, 0.2) is 6.29 Å². The van der Waals surface area contributed by atoms with Crippen molar-refractivity contribution >= 4 is 5.69 Å². The molecule has 1 aliphatic rings. The summed E-state index contributed by atoms with van der Waals surface area (Å²) in [5, 5.41) is 19.3. The molecule has 1 aromatic carbocycles. The highest BCUT2D eigenvalue weighted by atomic mass is 16.7. The number of aliphatic hydroxyl groups is 2. The number of hydrogen-bond donors (Lipinski definition) is 2. The normalized spacial score (nSPS) is 27.5. The van der Waals surface area contributed by atoms with Gasteiger partial charge in [0.1, 0.15) is 0 Å². The molecule has 4 unspecified atom stereocenters. The summed E-state index contributed by atoms with van der Waals surface area (Å²) in [6.45, 7) is 3.53. The standard InChI is InChI=1S/C18H29NO4/c1-12(20)9-16-11-17(10-13(2)21)23-18(22-16)14-5-7-15(8-6-14)19(3)4/h5-8,12-13,16-18,20-21H,9-11H2,1-4H3. The Bertz CT molecular complexity index is 454. The fraction of sp³-hybridized carbons (Fsp3) is 0.667. The van der Waals surface area contributed by atoms with Crippen LogP contribution in [0.1, 0.15) is 45.0 Å². The van der Waals surface area contributed by atoms with Crippen LogP contribution in [0.4, 0.5) is 5.69 Å². The lowest BCUT2D eigenvalue weighted by atomic mass is 10.00. The fourth-order valence-corrected chi connectivity index (χ4v) is 2.94. The largest absolute Gasteiger partial charge is 0.393 e. The highest BCUT2D eigenvalue weighted by Gasteiger charge is 2.32. The first-order valence-electron chi connectivity index (χ1n) is 8.29. The Hall–Kier alpha value is -1.14. The van der Waals surface area contributed by atoms with E-state index in [1.54, 1.807) is 13.8 Å². The molecule has 0 saturated carbocycles. The van der Waals surface area contributed by atoms with Gasteiger partial charge in [-0.15, -0.1) is 0 Å². The molecule has 0 amide bonds. The number of nitrogens with zero attached hydrogens (tertiary/aromatic N) is 1. The van der Waals surface area contributed by atoms with Crippen molar-refractivity contribution in [1.29, 1.82) is 0 Å². The topological polar surface area (TPSA) is 62.2 Å². The lowest BCUT2D eigenvalue weighted by Crippen LogP contribution is -2.36. The molecule has 4 atom stereocenters. The Morgan fingerprint density at radius 1 is 1.00 bits per heavy atom. The second-order valence-electron chi connectivity index (χ2n) is 6.74. The van der Waals surface area contributed by atoms with Gasteiger partial charge in [0.25, 0.3) is 0 Å². The minimum atomic E-state index is -0.451. The number of rotatable bonds is 6. The maximum Gasteiger partial charge on any atom is 0.184 e. The molecule has 5 nitrogen and oxygen atoms in total. The molecule has 2 rings (SSSR count). The van der Waals surface area contributed by atoms with Crippen LogP contribution in [-0.2, 0) is 9.47 Å². The van der Waals surface area contributed by atoms with Crippen LogP contribution in [0, 0.1) is 0 Å². The molecule has 1 aliphatic heterocycles. The average Bonchev–Trinajstić information content (AvgIpc) is 2.45. The predicted molar refractivity (Wildman–Crippen MR) is 90.5 cm³/mol. The quantitative estimate of drug-likeness (QED) is 0.842. The van der Waals surface area contributed by atoms with Crippen molar-refractivity contribution in [3.63, 3.8) is 0 Å². The Kier molecular flexibility index (Phi) is 6.41. The van der Waals surface area contributed by atoms with E-state index in [1.807, 2.05) is 43.3 Å². The second-order valence-corrected chi connectivity index (χ2v) is 6.74. The highest BCUT2D eigenvalue weighted by molar-refractivity contribution is 5.46. The molecule has 0 bridgehead atoms. The maximum absolute atomic E-state index is 9.65. The van der Waals surface area contributed by atoms with Crippen LogP contribution >= 0.6 is 0 Å². The fourth-order valence-electron chi connectivity index (χ4n) is 2.94. The number of aliphatic hydroxyl groups excluding tert-OH is 2. The van der Waals surface area contributed by atoms with Gasteiger partial charge < -0.3 is 24.6 Å². The Morgan fingerprint density at radius 3 is 1.87 bits per heavy atom. The van der Waals surface area contributed by atoms with Gasteiger partial charge in [-0.2, -0.15) is 0 Å². The molecule has 2 N–H and O–H groups in total. The predicted octanol–water partition coefficient (Wildman–Crippen LogP) is 2.47. The van der Waals surface area contributed by atoms with Gasteiger partial charge in [-0.25, -0.2) is 0 Å². The number of benzene rings is 1. The van der Waals surface area contributed by atoms with Gasteiger partial charge in [-0.3, -0.25) is 0 Å². The lowest BCUT2D eigenvalue weighted by Gasteiger charge is -2.37. The molecule has 5 heteroatoms. The van der Waals surface area contributed by atoms with E-state index in [1.165, 1.54) is 0 Å². The van der Waals surface area contributed by atoms with Gasteiger partial charge in [0.05, 0.1) is 24.4 Å². The first-order valence-corrected chi connectivity index (χ1v) is 8.29. The summed E-state index contributed by atoms with van der Waals surface area (Å²) in [5.74, 6) is 0. The molecule has 0 aliphatic carbocycles. The van der Waals surface area contributed by atoms with Gasteiger partial charge in [-0.1, -0.05) is 12.1 Å². The Labute approximate surface area is 138 Å². The van der Waals surface area contributed by atoms with Crippen LogP contribution in [0.25, 0.3) is 0 Å². The summed E-state index contributed by atoms with van der Waals surface area (Å²) in [4.78, 5) is 2.04. The number of hydrogen-bond acceptors (Lipinski definition) is 5. The van der Waals surface area contributed by atoms with E-state index in [4.69, 9.17) is 9.47 Å². The molecule has 23 heavy (non-hydrogen) atoms. The van der Waals surface area contributed by atoms with E-state index in [2.05, 4.69) is 0 Å². The monoisotopic (exact) mass is 323 g/mol. The van der Waals surface area contributed by atoms with E-state index in [-0.39, 0.29) is 12.2 Å². The molecule has 0 spiro atoms. The zero-order chi connectivity index (χ0) is 17.0. The van der Waals surface area contributed by atoms with E-state index >= 15 is 0 Å². The maximum atomic E-state index is 9.65. The molecule has 0 aromatic heterocycles. The minimum Gasteiger partial charge on any atom is -0.393 e. The first-order chi connectivity index (χ1) is 10.8. The first kappa shape index (κ1) is 18.2. The van der Waals surface area contributed by atoms with Crippen molar-refractivity contribution < 1.29 is 19.7 Å². The number of anilines is 1. The zero-order valence-corrected chi connectivity index (χ0v) is 14.5. The summed E-state index contributed by atoms with van der Waals surface area (Å²) >= 11 is 0. The van der Waals surface area contributed by atoms with Crippen LogP contribution in [-0.4, -0.2) is 48.7 Å². The summed E-state index contributed by atoms with van der Waals surface area (Å²) < 4.78 is 12.0. The minimum absolute atomic E-state index is 0.0639. The van der Waals surface area contributed by atoms with Crippen LogP contribution in [0.2, 0.25) is 0 Å². The third-order valence-electron chi connectivity index (χ3n) is 4.05. The van der Waals surface area contributed by atoms with Crippen molar-refractivity contribution in [2.45, 2.75) is 63.8 Å². The molecule has 1 aromatic rings. The van der Waals surface area contributed by atoms with Crippen molar-refractivity contribution in [3.8, 4) is 0 Å². The van der Waals surface area contributed by atoms with Crippen molar-refractivity contribution in [2.24, 2.45) is 0 Å². The van der Waals surface area contributed by atoms with Crippen LogP contribution in [0.5, 0.6) is 0 Å². The summed E-state index contributed by atoms with van der Waals surface area (Å²) in [6, 6.07) is 8.07. The van der Waals surface area contributed by atoms with E-state index in [0.717, 1.165) is 11.3 Å². The Morgan fingerprint density at radius 2 is 1.48 bits per heavy atom. The van der Waals surface area contributed by atoms with Crippen LogP contribution < -0.4 is 4.90 Å². The van der Waals surface area contributed by atoms with E-state index in [0.29, 0.717) is 19.3 Å². The highest BCUT2D eigenvalue weighted by Crippen LogP contribution is 2.33. The molecule has 1 saturated heterocycles. The molecule has 130 valence electrons. The molecule has 1 heterocycles. The molecule has 1 fully saturated rings. The Balaban J connectivity index is 2.11.